The molecule has 1 amide bonds. The number of halogens is 1. The summed E-state index contributed by atoms with van der Waals surface area (Å²) in [5.74, 6) is -0.251. The normalized spacial score (nSPS) is 11.0. The van der Waals surface area contributed by atoms with Crippen LogP contribution in [0.1, 0.15) is 27.0 Å². The molecule has 6 heteroatoms. The summed E-state index contributed by atoms with van der Waals surface area (Å²) in [6, 6.07) is 4.82. The van der Waals surface area contributed by atoms with Crippen LogP contribution in [-0.2, 0) is 6.42 Å². The highest BCUT2D eigenvalue weighted by atomic mass is 32.1. The summed E-state index contributed by atoms with van der Waals surface area (Å²) in [6.07, 6.45) is 2.34. The van der Waals surface area contributed by atoms with Crippen molar-refractivity contribution < 1.29 is 9.18 Å². The zero-order valence-electron chi connectivity index (χ0n) is 9.64. The van der Waals surface area contributed by atoms with Crippen molar-refractivity contribution in [1.82, 2.24) is 5.43 Å². The van der Waals surface area contributed by atoms with Gasteiger partial charge in [-0.25, -0.2) is 5.43 Å². The van der Waals surface area contributed by atoms with E-state index in [1.165, 1.54) is 12.3 Å². The van der Waals surface area contributed by atoms with Gasteiger partial charge in [-0.2, -0.15) is 9.49 Å². The van der Waals surface area contributed by atoms with Gasteiger partial charge in [0, 0.05) is 10.3 Å². The Morgan fingerprint density at radius 1 is 1.56 bits per heavy atom. The lowest BCUT2D eigenvalue weighted by molar-refractivity contribution is 0.0955. The van der Waals surface area contributed by atoms with Gasteiger partial charge in [-0.15, -0.1) is 22.7 Å². The fourth-order valence-corrected chi connectivity index (χ4v) is 2.72. The predicted octanol–water partition coefficient (Wildman–Crippen LogP) is 3.28. The van der Waals surface area contributed by atoms with Crippen molar-refractivity contribution in [2.45, 2.75) is 13.3 Å². The van der Waals surface area contributed by atoms with E-state index in [4.69, 9.17) is 0 Å². The monoisotopic (exact) mass is 282 g/mol. The molecule has 1 N–H and O–H groups in total. The summed E-state index contributed by atoms with van der Waals surface area (Å²) in [5, 5.41) is 5.32. The minimum Gasteiger partial charge on any atom is -0.267 e. The standard InChI is InChI=1S/C12H11FN2OS2/c1-2-9-5-8(7-17-9)12(16)15-14-6-10-3-4-11(13)18-10/h3-7H,2H2,1H3,(H,15,16)/b14-6+. The van der Waals surface area contributed by atoms with Gasteiger partial charge in [-0.05, 0) is 24.6 Å². The number of aryl methyl sites for hydroxylation is 1. The van der Waals surface area contributed by atoms with Gasteiger partial charge in [-0.3, -0.25) is 4.79 Å². The van der Waals surface area contributed by atoms with Gasteiger partial charge in [-0.1, -0.05) is 6.92 Å². The zero-order valence-corrected chi connectivity index (χ0v) is 11.3. The molecule has 0 aromatic carbocycles. The first kappa shape index (κ1) is 12.9. The van der Waals surface area contributed by atoms with Crippen LogP contribution in [0.3, 0.4) is 0 Å². The van der Waals surface area contributed by atoms with Crippen LogP contribution in [0.2, 0.25) is 0 Å². The zero-order chi connectivity index (χ0) is 13.0. The Morgan fingerprint density at radius 2 is 2.39 bits per heavy atom. The molecule has 0 radical (unpaired) electrons. The molecule has 2 aromatic heterocycles. The van der Waals surface area contributed by atoms with E-state index in [0.717, 1.165) is 22.6 Å². The van der Waals surface area contributed by atoms with Crippen molar-refractivity contribution in [3.8, 4) is 0 Å². The third-order valence-corrected chi connectivity index (χ3v) is 4.11. The molecule has 2 rings (SSSR count). The Kier molecular flexibility index (Phi) is 4.22. The van der Waals surface area contributed by atoms with Gasteiger partial charge in [0.2, 0.25) is 0 Å². The van der Waals surface area contributed by atoms with Crippen molar-refractivity contribution in [3.63, 3.8) is 0 Å². The molecule has 2 heterocycles. The van der Waals surface area contributed by atoms with Crippen LogP contribution in [0, 0.1) is 5.13 Å². The highest BCUT2D eigenvalue weighted by molar-refractivity contribution is 7.12. The number of amides is 1. The number of hydrazone groups is 1. The Hall–Kier alpha value is -1.53. The highest BCUT2D eigenvalue weighted by Gasteiger charge is 2.06. The van der Waals surface area contributed by atoms with E-state index in [-0.39, 0.29) is 11.0 Å². The Bertz CT molecular complexity index is 574. The van der Waals surface area contributed by atoms with Gasteiger partial charge >= 0.3 is 0 Å². The molecule has 0 bridgehead atoms. The molecule has 3 nitrogen and oxygen atoms in total. The van der Waals surface area contributed by atoms with Crippen molar-refractivity contribution in [2.75, 3.05) is 0 Å². The summed E-state index contributed by atoms with van der Waals surface area (Å²) < 4.78 is 12.7. The lowest BCUT2D eigenvalue weighted by atomic mass is 10.3. The van der Waals surface area contributed by atoms with Crippen molar-refractivity contribution in [2.24, 2.45) is 5.10 Å². The lowest BCUT2D eigenvalue weighted by Gasteiger charge is -1.94. The molecule has 2 aromatic rings. The maximum atomic E-state index is 12.7. The average molecular weight is 282 g/mol. The van der Waals surface area contributed by atoms with Crippen LogP contribution in [0.25, 0.3) is 0 Å². The van der Waals surface area contributed by atoms with Crippen LogP contribution in [-0.4, -0.2) is 12.1 Å². The summed E-state index contributed by atoms with van der Waals surface area (Å²) >= 11 is 2.53. The lowest BCUT2D eigenvalue weighted by Crippen LogP contribution is -2.16. The highest BCUT2D eigenvalue weighted by Crippen LogP contribution is 2.15. The van der Waals surface area contributed by atoms with Gasteiger partial charge in [0.05, 0.1) is 16.7 Å². The van der Waals surface area contributed by atoms with Gasteiger partial charge in [0.1, 0.15) is 0 Å². The molecular weight excluding hydrogens is 271 g/mol. The van der Waals surface area contributed by atoms with Crippen molar-refractivity contribution in [3.05, 3.63) is 44.0 Å². The molecule has 0 aliphatic carbocycles. The summed E-state index contributed by atoms with van der Waals surface area (Å²) in [6.45, 7) is 2.04. The Balaban J connectivity index is 1.93. The van der Waals surface area contributed by atoms with Gasteiger partial charge < -0.3 is 0 Å². The van der Waals surface area contributed by atoms with Gasteiger partial charge in [0.15, 0.2) is 5.13 Å². The Morgan fingerprint density at radius 3 is 3.00 bits per heavy atom. The van der Waals surface area contributed by atoms with Crippen molar-refractivity contribution >= 4 is 34.8 Å². The number of carbonyl (C=O) groups is 1. The number of nitrogens with zero attached hydrogens (tertiary/aromatic N) is 1. The molecule has 18 heavy (non-hydrogen) atoms. The topological polar surface area (TPSA) is 41.5 Å². The van der Waals surface area contributed by atoms with E-state index >= 15 is 0 Å². The number of hydrogen-bond acceptors (Lipinski definition) is 4. The molecule has 0 fully saturated rings. The summed E-state index contributed by atoms with van der Waals surface area (Å²) in [4.78, 5) is 13.5. The predicted molar refractivity (Wildman–Crippen MR) is 73.0 cm³/mol. The third kappa shape index (κ3) is 3.24. The number of rotatable bonds is 4. The minimum absolute atomic E-state index is 0.251. The second-order valence-corrected chi connectivity index (χ2v) is 5.56. The molecule has 0 unspecified atom stereocenters. The van der Waals surface area contributed by atoms with Gasteiger partial charge in [0.25, 0.3) is 5.91 Å². The fourth-order valence-electron chi connectivity index (χ4n) is 1.30. The molecule has 0 saturated carbocycles. The summed E-state index contributed by atoms with van der Waals surface area (Å²) in [5.41, 5.74) is 3.02. The van der Waals surface area contributed by atoms with Crippen LogP contribution in [0.15, 0.2) is 28.7 Å². The van der Waals surface area contributed by atoms with E-state index in [1.54, 1.807) is 22.8 Å². The molecule has 0 saturated heterocycles. The first-order chi connectivity index (χ1) is 8.69. The first-order valence-corrected chi connectivity index (χ1v) is 7.05. The van der Waals surface area contributed by atoms with Crippen LogP contribution < -0.4 is 5.43 Å². The molecule has 0 atom stereocenters. The second-order valence-electron chi connectivity index (χ2n) is 3.50. The SMILES string of the molecule is CCc1cc(C(=O)N/N=C/c2ccc(F)s2)cs1. The third-order valence-electron chi connectivity index (χ3n) is 2.22. The molecular formula is C12H11FN2OS2. The largest absolute Gasteiger partial charge is 0.272 e. The van der Waals surface area contributed by atoms with Crippen LogP contribution in [0.4, 0.5) is 4.39 Å². The number of carbonyl (C=O) groups excluding carboxylic acids is 1. The van der Waals surface area contributed by atoms with Crippen LogP contribution in [0.5, 0.6) is 0 Å². The molecule has 0 spiro atoms. The van der Waals surface area contributed by atoms with E-state index in [1.807, 2.05) is 13.0 Å². The average Bonchev–Trinajstić information content (AvgIpc) is 2.98. The quantitative estimate of drug-likeness (QED) is 0.678. The molecule has 94 valence electrons. The van der Waals surface area contributed by atoms with E-state index in [9.17, 15) is 9.18 Å². The molecule has 0 aliphatic heterocycles. The number of thiophene rings is 2. The van der Waals surface area contributed by atoms with Crippen molar-refractivity contribution in [1.29, 1.82) is 0 Å². The van der Waals surface area contributed by atoms with E-state index < -0.39 is 0 Å². The van der Waals surface area contributed by atoms with E-state index in [2.05, 4.69) is 10.5 Å². The minimum atomic E-state index is -0.270. The summed E-state index contributed by atoms with van der Waals surface area (Å²) in [7, 11) is 0. The molecule has 0 aliphatic rings. The maximum Gasteiger partial charge on any atom is 0.272 e. The van der Waals surface area contributed by atoms with Crippen LogP contribution >= 0.6 is 22.7 Å². The maximum absolute atomic E-state index is 12.7. The Labute approximate surface area is 112 Å². The number of hydrogen-bond donors (Lipinski definition) is 1. The first-order valence-electron chi connectivity index (χ1n) is 5.35. The second kappa shape index (κ2) is 5.88. The van der Waals surface area contributed by atoms with E-state index in [0.29, 0.717) is 10.4 Å². The fraction of sp³-hybridized carbons (Fsp3) is 0.167. The number of nitrogens with one attached hydrogen (secondary N) is 1. The smallest absolute Gasteiger partial charge is 0.267 e.